The summed E-state index contributed by atoms with van der Waals surface area (Å²) in [6.07, 6.45) is 1.79. The Kier molecular flexibility index (Phi) is 2.17. The van der Waals surface area contributed by atoms with Crippen molar-refractivity contribution in [1.82, 2.24) is 0 Å². The Morgan fingerprint density at radius 1 is 1.25 bits per heavy atom. The lowest BCUT2D eigenvalue weighted by atomic mass is 10.0. The molecular formula is C10H7F2NO3. The average molecular weight is 227 g/mol. The number of nitrogens with zero attached hydrogens (tertiary/aromatic N) is 1. The van der Waals surface area contributed by atoms with Gasteiger partial charge in [-0.1, -0.05) is 0 Å². The number of aliphatic imine (C=N–C) groups is 1. The zero-order valence-corrected chi connectivity index (χ0v) is 8.00. The lowest BCUT2D eigenvalue weighted by molar-refractivity contribution is 0.382. The number of benzene rings is 1. The molecule has 0 heterocycles. The van der Waals surface area contributed by atoms with E-state index in [0.717, 1.165) is 0 Å². The van der Waals surface area contributed by atoms with Crippen molar-refractivity contribution in [3.8, 4) is 11.5 Å². The summed E-state index contributed by atoms with van der Waals surface area (Å²) in [5.74, 6) is -4.15. The van der Waals surface area contributed by atoms with Crippen molar-refractivity contribution in [2.45, 2.75) is 18.4 Å². The number of aromatic hydroxyl groups is 2. The largest absolute Gasteiger partial charge is 0.505 e. The van der Waals surface area contributed by atoms with Gasteiger partial charge >= 0.3 is 0 Å². The molecule has 0 unspecified atom stereocenters. The first-order valence-electron chi connectivity index (χ1n) is 4.51. The molecule has 1 aliphatic carbocycles. The number of halogens is 2. The van der Waals surface area contributed by atoms with Gasteiger partial charge in [-0.05, 0) is 12.8 Å². The minimum Gasteiger partial charge on any atom is -0.505 e. The van der Waals surface area contributed by atoms with Gasteiger partial charge in [0, 0.05) is 6.07 Å². The Morgan fingerprint density at radius 2 is 1.75 bits per heavy atom. The van der Waals surface area contributed by atoms with E-state index in [0.29, 0.717) is 6.07 Å². The van der Waals surface area contributed by atoms with Crippen LogP contribution in [0.1, 0.15) is 18.4 Å². The third-order valence-corrected chi connectivity index (χ3v) is 2.61. The quantitative estimate of drug-likeness (QED) is 0.596. The molecule has 1 aliphatic rings. The molecule has 4 nitrogen and oxygen atoms in total. The van der Waals surface area contributed by atoms with Gasteiger partial charge in [-0.25, -0.2) is 13.6 Å². The average Bonchev–Trinajstić information content (AvgIpc) is 2.97. The molecule has 0 saturated heterocycles. The molecule has 1 aromatic rings. The highest BCUT2D eigenvalue weighted by atomic mass is 19.1. The Hall–Kier alpha value is -1.94. The van der Waals surface area contributed by atoms with Gasteiger partial charge in [0.25, 0.3) is 0 Å². The zero-order valence-electron chi connectivity index (χ0n) is 8.00. The number of rotatable bonds is 2. The Labute approximate surface area is 88.9 Å². The third kappa shape index (κ3) is 1.35. The summed E-state index contributed by atoms with van der Waals surface area (Å²) in [5, 5.41) is 18.2. The Morgan fingerprint density at radius 3 is 2.12 bits per heavy atom. The van der Waals surface area contributed by atoms with Crippen LogP contribution in [-0.4, -0.2) is 16.3 Å². The van der Waals surface area contributed by atoms with Crippen LogP contribution >= 0.6 is 0 Å². The van der Waals surface area contributed by atoms with Gasteiger partial charge < -0.3 is 10.2 Å². The van der Waals surface area contributed by atoms with Crippen LogP contribution in [0.5, 0.6) is 11.5 Å². The van der Waals surface area contributed by atoms with Gasteiger partial charge in [0.15, 0.2) is 23.1 Å². The zero-order chi connectivity index (χ0) is 11.9. The highest BCUT2D eigenvalue weighted by Crippen LogP contribution is 2.53. The summed E-state index contributed by atoms with van der Waals surface area (Å²) in [4.78, 5) is 13.5. The number of phenolic OH excluding ortho intramolecular Hbond substituents is 2. The SMILES string of the molecule is O=C=NC1(c2c(F)c(O)cc(O)c2F)CC1. The second-order valence-corrected chi connectivity index (χ2v) is 3.65. The number of isocyanates is 1. The van der Waals surface area contributed by atoms with Gasteiger partial charge in [-0.3, -0.25) is 0 Å². The van der Waals surface area contributed by atoms with Gasteiger partial charge in [-0.2, -0.15) is 4.99 Å². The summed E-state index contributed by atoms with van der Waals surface area (Å²) in [5.41, 5.74) is -1.89. The fourth-order valence-electron chi connectivity index (χ4n) is 1.64. The van der Waals surface area contributed by atoms with Gasteiger partial charge in [0.1, 0.15) is 5.54 Å². The minimum absolute atomic E-state index is 0.277. The molecule has 0 atom stereocenters. The van der Waals surface area contributed by atoms with E-state index in [-0.39, 0.29) is 12.8 Å². The molecule has 0 aliphatic heterocycles. The molecule has 2 N–H and O–H groups in total. The van der Waals surface area contributed by atoms with Crippen molar-refractivity contribution in [3.05, 3.63) is 23.3 Å². The van der Waals surface area contributed by atoms with Crippen LogP contribution in [-0.2, 0) is 10.3 Å². The van der Waals surface area contributed by atoms with Crippen LogP contribution in [0.3, 0.4) is 0 Å². The maximum absolute atomic E-state index is 13.5. The number of hydrogen-bond donors (Lipinski definition) is 2. The van der Waals surface area contributed by atoms with E-state index in [1.807, 2.05) is 0 Å². The number of carbonyl (C=O) groups excluding carboxylic acids is 1. The monoisotopic (exact) mass is 227 g/mol. The van der Waals surface area contributed by atoms with Crippen LogP contribution in [0.4, 0.5) is 8.78 Å². The summed E-state index contributed by atoms with van der Waals surface area (Å²) >= 11 is 0. The summed E-state index contributed by atoms with van der Waals surface area (Å²) in [7, 11) is 0. The van der Waals surface area contributed by atoms with Crippen LogP contribution in [0.15, 0.2) is 11.1 Å². The standard InChI is InChI=1S/C10H7F2NO3/c11-8-5(15)3-6(16)9(12)7(8)10(1-2-10)13-4-14/h3,15-16H,1-2H2. The predicted octanol–water partition coefficient (Wildman–Crippen LogP) is 1.70. The van der Waals surface area contributed by atoms with Crippen molar-refractivity contribution < 1.29 is 23.8 Å². The van der Waals surface area contributed by atoms with E-state index in [1.165, 1.54) is 6.08 Å². The van der Waals surface area contributed by atoms with E-state index in [2.05, 4.69) is 4.99 Å². The van der Waals surface area contributed by atoms with E-state index >= 15 is 0 Å². The Bertz CT molecular complexity index is 479. The molecule has 1 saturated carbocycles. The molecule has 0 spiro atoms. The fraction of sp³-hybridized carbons (Fsp3) is 0.300. The highest BCUT2D eigenvalue weighted by molar-refractivity contribution is 5.48. The molecule has 0 bridgehead atoms. The summed E-state index contributed by atoms with van der Waals surface area (Å²) < 4.78 is 27.0. The summed E-state index contributed by atoms with van der Waals surface area (Å²) in [6.45, 7) is 0. The van der Waals surface area contributed by atoms with E-state index < -0.39 is 34.2 Å². The smallest absolute Gasteiger partial charge is 0.235 e. The molecular weight excluding hydrogens is 220 g/mol. The lowest BCUT2D eigenvalue weighted by Crippen LogP contribution is -2.09. The van der Waals surface area contributed by atoms with Crippen LogP contribution in [0, 0.1) is 11.6 Å². The minimum atomic E-state index is -1.31. The molecule has 0 aromatic heterocycles. The van der Waals surface area contributed by atoms with Crippen molar-refractivity contribution in [2.24, 2.45) is 4.99 Å². The third-order valence-electron chi connectivity index (χ3n) is 2.61. The van der Waals surface area contributed by atoms with E-state index in [1.54, 1.807) is 0 Å². The molecule has 6 heteroatoms. The molecule has 1 aromatic carbocycles. The number of hydrogen-bond acceptors (Lipinski definition) is 4. The van der Waals surface area contributed by atoms with Gasteiger partial charge in [0.2, 0.25) is 6.08 Å². The van der Waals surface area contributed by atoms with Crippen molar-refractivity contribution in [3.63, 3.8) is 0 Å². The molecule has 0 radical (unpaired) electrons. The normalized spacial score (nSPS) is 16.6. The Balaban J connectivity index is 2.69. The second-order valence-electron chi connectivity index (χ2n) is 3.65. The molecule has 1 fully saturated rings. The first-order chi connectivity index (χ1) is 7.52. The second kappa shape index (κ2) is 3.28. The van der Waals surface area contributed by atoms with E-state index in [4.69, 9.17) is 10.2 Å². The van der Waals surface area contributed by atoms with Gasteiger partial charge in [0.05, 0.1) is 5.56 Å². The molecule has 0 amide bonds. The lowest BCUT2D eigenvalue weighted by Gasteiger charge is -2.12. The fourth-order valence-corrected chi connectivity index (χ4v) is 1.64. The predicted molar refractivity (Wildman–Crippen MR) is 48.7 cm³/mol. The van der Waals surface area contributed by atoms with Crippen molar-refractivity contribution in [1.29, 1.82) is 0 Å². The first kappa shape index (κ1) is 10.6. The van der Waals surface area contributed by atoms with E-state index in [9.17, 15) is 13.6 Å². The maximum Gasteiger partial charge on any atom is 0.235 e. The van der Waals surface area contributed by atoms with Crippen LogP contribution < -0.4 is 0 Å². The molecule has 84 valence electrons. The summed E-state index contributed by atoms with van der Waals surface area (Å²) in [6, 6.07) is 0.564. The van der Waals surface area contributed by atoms with Crippen LogP contribution in [0.2, 0.25) is 0 Å². The highest BCUT2D eigenvalue weighted by Gasteiger charge is 2.50. The first-order valence-corrected chi connectivity index (χ1v) is 4.51. The van der Waals surface area contributed by atoms with Crippen LogP contribution in [0.25, 0.3) is 0 Å². The van der Waals surface area contributed by atoms with Crippen molar-refractivity contribution in [2.75, 3.05) is 0 Å². The maximum atomic E-state index is 13.5. The van der Waals surface area contributed by atoms with Gasteiger partial charge in [-0.15, -0.1) is 0 Å². The van der Waals surface area contributed by atoms with Crippen molar-refractivity contribution >= 4 is 6.08 Å². The molecule has 16 heavy (non-hydrogen) atoms. The molecule has 2 rings (SSSR count). The number of phenols is 2. The topological polar surface area (TPSA) is 69.9 Å².